The van der Waals surface area contributed by atoms with Crippen molar-refractivity contribution in [2.45, 2.75) is 56.1 Å². The van der Waals surface area contributed by atoms with E-state index in [9.17, 15) is 9.90 Å². The molecule has 5 nitrogen and oxygen atoms in total. The van der Waals surface area contributed by atoms with Crippen molar-refractivity contribution in [1.29, 1.82) is 0 Å². The van der Waals surface area contributed by atoms with Crippen LogP contribution in [0.15, 0.2) is 77.7 Å². The van der Waals surface area contributed by atoms with E-state index in [1.165, 1.54) is 11.1 Å². The average molecular weight is 519 g/mol. The number of nitrogens with one attached hydrogen (secondary N) is 1. The molecule has 1 atom stereocenters. The van der Waals surface area contributed by atoms with Gasteiger partial charge in [0.2, 0.25) is 0 Å². The zero-order valence-electron chi connectivity index (χ0n) is 22.0. The van der Waals surface area contributed by atoms with Crippen LogP contribution < -0.4 is 5.32 Å². The Labute approximate surface area is 225 Å². The van der Waals surface area contributed by atoms with Crippen LogP contribution >= 0.6 is 11.9 Å². The van der Waals surface area contributed by atoms with Crippen LogP contribution in [-0.2, 0) is 24.1 Å². The SMILES string of the molecule is CN(C[C@H](O)CNC(C)(C)CC1Cc2ccccc2C1)Sc1cccc(-c2ccc(CC(=O)O)cc2)c1. The van der Waals surface area contributed by atoms with Crippen LogP contribution in [0.1, 0.15) is 37.0 Å². The van der Waals surface area contributed by atoms with Gasteiger partial charge in [0.05, 0.1) is 12.5 Å². The molecule has 0 radical (unpaired) electrons. The fourth-order valence-corrected chi connectivity index (χ4v) is 6.21. The van der Waals surface area contributed by atoms with Crippen molar-refractivity contribution >= 4 is 17.9 Å². The highest BCUT2D eigenvalue weighted by Gasteiger charge is 2.28. The monoisotopic (exact) mass is 518 g/mol. The summed E-state index contributed by atoms with van der Waals surface area (Å²) in [5, 5.41) is 23.3. The van der Waals surface area contributed by atoms with Crippen LogP contribution in [0.5, 0.6) is 0 Å². The molecular formula is C31H38N2O3S. The molecule has 196 valence electrons. The number of carboxylic acids is 1. The lowest BCUT2D eigenvalue weighted by Gasteiger charge is -2.31. The van der Waals surface area contributed by atoms with Gasteiger partial charge in [-0.25, -0.2) is 4.31 Å². The predicted octanol–water partition coefficient (Wildman–Crippen LogP) is 5.45. The van der Waals surface area contributed by atoms with E-state index in [0.29, 0.717) is 19.0 Å². The lowest BCUT2D eigenvalue weighted by Crippen LogP contribution is -2.46. The number of fused-ring (bicyclic) bond motifs is 1. The third kappa shape index (κ3) is 8.17. The molecule has 0 aromatic heterocycles. The first-order chi connectivity index (χ1) is 17.7. The standard InChI is InChI=1S/C31H38N2O3S/c1-31(2,19-23-15-25-7-4-5-8-26(25)16-23)32-20-28(34)21-33(3)37-29-10-6-9-27(18-29)24-13-11-22(12-14-24)17-30(35)36/h4-14,18,23,28,32,34H,15-17,19-21H2,1-3H3,(H,35,36)/t28-/m1/s1. The summed E-state index contributed by atoms with van der Waals surface area (Å²) >= 11 is 1.61. The van der Waals surface area contributed by atoms with Crippen molar-refractivity contribution in [3.8, 4) is 11.1 Å². The number of hydrogen-bond donors (Lipinski definition) is 3. The maximum absolute atomic E-state index is 10.9. The van der Waals surface area contributed by atoms with Gasteiger partial charge in [0.15, 0.2) is 0 Å². The van der Waals surface area contributed by atoms with Crippen LogP contribution in [0, 0.1) is 5.92 Å². The molecule has 1 aliphatic carbocycles. The van der Waals surface area contributed by atoms with Crippen LogP contribution in [0.3, 0.4) is 0 Å². The Morgan fingerprint density at radius 3 is 2.35 bits per heavy atom. The Morgan fingerprint density at radius 2 is 1.70 bits per heavy atom. The number of hydrogen-bond acceptors (Lipinski definition) is 5. The minimum Gasteiger partial charge on any atom is -0.481 e. The second kappa shape index (κ2) is 12.3. The first-order valence-corrected chi connectivity index (χ1v) is 13.7. The normalized spacial score (nSPS) is 14.6. The highest BCUT2D eigenvalue weighted by molar-refractivity contribution is 7.97. The maximum Gasteiger partial charge on any atom is 0.307 e. The van der Waals surface area contributed by atoms with Crippen molar-refractivity contribution in [3.05, 3.63) is 89.5 Å². The number of nitrogens with zero attached hydrogens (tertiary/aromatic N) is 1. The van der Waals surface area contributed by atoms with Gasteiger partial charge in [-0.3, -0.25) is 4.79 Å². The summed E-state index contributed by atoms with van der Waals surface area (Å²) in [6.45, 7) is 5.58. The van der Waals surface area contributed by atoms with E-state index in [1.54, 1.807) is 11.9 Å². The van der Waals surface area contributed by atoms with E-state index in [4.69, 9.17) is 5.11 Å². The quantitative estimate of drug-likeness (QED) is 0.277. The summed E-state index contributed by atoms with van der Waals surface area (Å²) < 4.78 is 2.07. The zero-order chi connectivity index (χ0) is 26.4. The Hall–Kier alpha value is -2.64. The second-order valence-corrected chi connectivity index (χ2v) is 12.1. The van der Waals surface area contributed by atoms with E-state index < -0.39 is 12.1 Å². The Morgan fingerprint density at radius 1 is 1.03 bits per heavy atom. The van der Waals surface area contributed by atoms with E-state index in [2.05, 4.69) is 65.9 Å². The lowest BCUT2D eigenvalue weighted by atomic mass is 9.88. The molecule has 0 saturated heterocycles. The van der Waals surface area contributed by atoms with Crippen molar-refractivity contribution in [3.63, 3.8) is 0 Å². The molecule has 1 aliphatic rings. The number of likely N-dealkylation sites (N-methyl/N-ethyl adjacent to an activating group) is 1. The van der Waals surface area contributed by atoms with Crippen molar-refractivity contribution in [2.75, 3.05) is 20.1 Å². The molecule has 3 N–H and O–H groups in total. The predicted molar refractivity (Wildman–Crippen MR) is 152 cm³/mol. The number of aliphatic carboxylic acids is 1. The molecule has 4 rings (SSSR count). The number of carboxylic acid groups (broad SMARTS) is 1. The second-order valence-electron chi connectivity index (χ2n) is 10.9. The summed E-state index contributed by atoms with van der Waals surface area (Å²) in [5.74, 6) is -0.175. The molecule has 0 aliphatic heterocycles. The molecule has 0 fully saturated rings. The number of aliphatic hydroxyl groups excluding tert-OH is 1. The minimum atomic E-state index is -0.824. The van der Waals surface area contributed by atoms with Gasteiger partial charge in [-0.05, 0) is 98.0 Å². The highest BCUT2D eigenvalue weighted by atomic mass is 32.2. The Balaban J connectivity index is 1.24. The number of carbonyl (C=O) groups is 1. The number of benzene rings is 3. The van der Waals surface area contributed by atoms with Gasteiger partial charge < -0.3 is 15.5 Å². The van der Waals surface area contributed by atoms with Crippen LogP contribution in [-0.4, -0.2) is 52.3 Å². The summed E-state index contributed by atoms with van der Waals surface area (Å²) in [5.41, 5.74) is 5.87. The average Bonchev–Trinajstić information content (AvgIpc) is 3.24. The molecule has 0 saturated carbocycles. The summed E-state index contributed by atoms with van der Waals surface area (Å²) in [6.07, 6.45) is 2.94. The molecular weight excluding hydrogens is 480 g/mol. The Bertz CT molecular complexity index is 1170. The van der Waals surface area contributed by atoms with Gasteiger partial charge in [0.25, 0.3) is 0 Å². The third-order valence-corrected chi connectivity index (χ3v) is 7.88. The van der Waals surface area contributed by atoms with Gasteiger partial charge in [0.1, 0.15) is 0 Å². The fourth-order valence-electron chi connectivity index (χ4n) is 5.28. The smallest absolute Gasteiger partial charge is 0.307 e. The summed E-state index contributed by atoms with van der Waals surface area (Å²) in [7, 11) is 2.00. The first-order valence-electron chi connectivity index (χ1n) is 13.0. The highest BCUT2D eigenvalue weighted by Crippen LogP contribution is 2.32. The third-order valence-electron chi connectivity index (χ3n) is 6.96. The van der Waals surface area contributed by atoms with Crippen LogP contribution in [0.25, 0.3) is 11.1 Å². The van der Waals surface area contributed by atoms with Crippen LogP contribution in [0.2, 0.25) is 0 Å². The first kappa shape index (κ1) is 27.4. The Kier molecular flexibility index (Phi) is 9.08. The van der Waals surface area contributed by atoms with Crippen molar-refractivity contribution in [2.24, 2.45) is 5.92 Å². The van der Waals surface area contributed by atoms with Crippen LogP contribution in [0.4, 0.5) is 0 Å². The molecule has 0 unspecified atom stereocenters. The molecule has 3 aromatic carbocycles. The molecule has 3 aromatic rings. The number of aliphatic hydroxyl groups is 1. The van der Waals surface area contributed by atoms with Gasteiger partial charge in [0, 0.05) is 23.5 Å². The largest absolute Gasteiger partial charge is 0.481 e. The van der Waals surface area contributed by atoms with Crippen molar-refractivity contribution in [1.82, 2.24) is 9.62 Å². The van der Waals surface area contributed by atoms with Gasteiger partial charge in [-0.1, -0.05) is 60.7 Å². The van der Waals surface area contributed by atoms with E-state index in [0.717, 1.165) is 40.8 Å². The molecule has 37 heavy (non-hydrogen) atoms. The van der Waals surface area contributed by atoms with E-state index >= 15 is 0 Å². The molecule has 0 amide bonds. The van der Waals surface area contributed by atoms with E-state index in [1.807, 2.05) is 37.4 Å². The molecule has 0 heterocycles. The van der Waals surface area contributed by atoms with Gasteiger partial charge >= 0.3 is 5.97 Å². The molecule has 0 spiro atoms. The lowest BCUT2D eigenvalue weighted by molar-refractivity contribution is -0.136. The topological polar surface area (TPSA) is 72.8 Å². The number of β-amino-alcohol motifs (C(OH)–C–C–N with tert-alkyl or cyclic N) is 1. The maximum atomic E-state index is 10.9. The van der Waals surface area contributed by atoms with E-state index in [-0.39, 0.29) is 12.0 Å². The molecule has 0 bridgehead atoms. The fraction of sp³-hybridized carbons (Fsp3) is 0.387. The minimum absolute atomic E-state index is 0.0319. The summed E-state index contributed by atoms with van der Waals surface area (Å²) in [4.78, 5) is 12.0. The zero-order valence-corrected chi connectivity index (χ0v) is 22.8. The molecule has 6 heteroatoms. The van der Waals surface area contributed by atoms with Gasteiger partial charge in [-0.2, -0.15) is 0 Å². The van der Waals surface area contributed by atoms with Gasteiger partial charge in [-0.15, -0.1) is 0 Å². The number of rotatable bonds is 12. The summed E-state index contributed by atoms with van der Waals surface area (Å²) in [6, 6.07) is 24.7. The van der Waals surface area contributed by atoms with Crippen molar-refractivity contribution < 1.29 is 15.0 Å².